The second-order valence-corrected chi connectivity index (χ2v) is 4.36. The lowest BCUT2D eigenvalue weighted by Crippen LogP contribution is -2.22. The molecule has 20 heavy (non-hydrogen) atoms. The number of nitrogens with zero attached hydrogens (tertiary/aromatic N) is 4. The van der Waals surface area contributed by atoms with Crippen molar-refractivity contribution in [3.05, 3.63) is 64.2 Å². The van der Waals surface area contributed by atoms with Crippen molar-refractivity contribution in [2.24, 2.45) is 5.73 Å². The largest absolute Gasteiger partial charge is 0.350 e. The van der Waals surface area contributed by atoms with E-state index in [-0.39, 0.29) is 24.6 Å². The fourth-order valence-corrected chi connectivity index (χ4v) is 2.09. The van der Waals surface area contributed by atoms with Crippen molar-refractivity contribution in [2.45, 2.75) is 13.1 Å². The summed E-state index contributed by atoms with van der Waals surface area (Å²) in [7, 11) is 0. The Bertz CT molecular complexity index is 823. The Morgan fingerprint density at radius 3 is 2.90 bits per heavy atom. The zero-order chi connectivity index (χ0) is 14.1. The average molecular weight is 273 g/mol. The maximum atomic E-state index is 13.3. The van der Waals surface area contributed by atoms with Gasteiger partial charge in [-0.1, -0.05) is 6.07 Å². The summed E-state index contributed by atoms with van der Waals surface area (Å²) in [6, 6.07) is 4.34. The summed E-state index contributed by atoms with van der Waals surface area (Å²) in [6.07, 6.45) is 4.54. The molecule has 0 bridgehead atoms. The first-order valence-corrected chi connectivity index (χ1v) is 6.05. The van der Waals surface area contributed by atoms with Gasteiger partial charge < -0.3 is 5.73 Å². The molecule has 2 aromatic heterocycles. The Kier molecular flexibility index (Phi) is 3.03. The Labute approximate surface area is 113 Å². The molecular formula is C13H12FN5O. The number of hydrogen-bond acceptors (Lipinski definition) is 4. The predicted molar refractivity (Wildman–Crippen MR) is 70.6 cm³/mol. The molecule has 0 radical (unpaired) electrons. The van der Waals surface area contributed by atoms with Crippen LogP contribution in [0.4, 0.5) is 4.39 Å². The smallest absolute Gasteiger partial charge is 0.326 e. The van der Waals surface area contributed by atoms with Crippen molar-refractivity contribution in [3.63, 3.8) is 0 Å². The van der Waals surface area contributed by atoms with Gasteiger partial charge in [0.1, 0.15) is 5.82 Å². The van der Waals surface area contributed by atoms with Crippen molar-refractivity contribution in [1.29, 1.82) is 0 Å². The lowest BCUT2D eigenvalue weighted by molar-refractivity contribution is 0.612. The minimum atomic E-state index is -0.365. The van der Waals surface area contributed by atoms with Crippen molar-refractivity contribution >= 4 is 5.65 Å². The van der Waals surface area contributed by atoms with Crippen LogP contribution in [-0.2, 0) is 13.1 Å². The summed E-state index contributed by atoms with van der Waals surface area (Å²) in [5, 5.41) is 4.15. The third-order valence-corrected chi connectivity index (χ3v) is 3.10. The highest BCUT2D eigenvalue weighted by Gasteiger charge is 2.10. The Hall–Kier alpha value is -2.54. The van der Waals surface area contributed by atoms with Gasteiger partial charge in [0, 0.05) is 18.9 Å². The van der Waals surface area contributed by atoms with E-state index in [9.17, 15) is 9.18 Å². The Morgan fingerprint density at radius 1 is 1.30 bits per heavy atom. The van der Waals surface area contributed by atoms with Gasteiger partial charge >= 0.3 is 5.69 Å². The monoisotopic (exact) mass is 273 g/mol. The number of fused-ring (bicyclic) bond motifs is 1. The second kappa shape index (κ2) is 4.86. The van der Waals surface area contributed by atoms with Crippen LogP contribution in [0, 0.1) is 5.82 Å². The van der Waals surface area contributed by atoms with Crippen LogP contribution in [0.5, 0.6) is 0 Å². The highest BCUT2D eigenvalue weighted by atomic mass is 19.1. The van der Waals surface area contributed by atoms with Crippen LogP contribution in [0.3, 0.4) is 0 Å². The first-order chi connectivity index (χ1) is 9.69. The molecule has 3 rings (SSSR count). The fourth-order valence-electron chi connectivity index (χ4n) is 2.09. The fraction of sp³-hybridized carbons (Fsp3) is 0.154. The minimum Gasteiger partial charge on any atom is -0.326 e. The van der Waals surface area contributed by atoms with Crippen LogP contribution in [0.2, 0.25) is 0 Å². The van der Waals surface area contributed by atoms with E-state index < -0.39 is 0 Å². The van der Waals surface area contributed by atoms with Gasteiger partial charge in [0.15, 0.2) is 5.65 Å². The predicted octanol–water partition coefficient (Wildman–Crippen LogP) is 0.537. The highest BCUT2D eigenvalue weighted by molar-refractivity contribution is 5.33. The molecule has 6 nitrogen and oxygen atoms in total. The third kappa shape index (κ3) is 2.08. The summed E-state index contributed by atoms with van der Waals surface area (Å²) in [5.74, 6) is -0.365. The molecule has 0 unspecified atom stereocenters. The summed E-state index contributed by atoms with van der Waals surface area (Å²) in [6.45, 7) is 0.449. The van der Waals surface area contributed by atoms with Gasteiger partial charge in [-0.2, -0.15) is 0 Å². The number of nitrogens with two attached hydrogens (primary N) is 1. The maximum absolute atomic E-state index is 13.3. The summed E-state index contributed by atoms with van der Waals surface area (Å²) in [5.41, 5.74) is 7.20. The first-order valence-electron chi connectivity index (χ1n) is 6.05. The summed E-state index contributed by atoms with van der Waals surface area (Å²) in [4.78, 5) is 16.0. The highest BCUT2D eigenvalue weighted by Crippen LogP contribution is 2.12. The van der Waals surface area contributed by atoms with E-state index >= 15 is 0 Å². The van der Waals surface area contributed by atoms with Crippen LogP contribution in [0.1, 0.15) is 11.1 Å². The number of benzene rings is 1. The number of halogens is 1. The molecule has 0 spiro atoms. The molecule has 102 valence electrons. The van der Waals surface area contributed by atoms with Gasteiger partial charge in [-0.25, -0.2) is 18.3 Å². The summed E-state index contributed by atoms with van der Waals surface area (Å²) >= 11 is 0. The molecule has 0 amide bonds. The minimum absolute atomic E-state index is 0.171. The molecule has 0 aliphatic rings. The topological polar surface area (TPSA) is 78.2 Å². The van der Waals surface area contributed by atoms with Crippen molar-refractivity contribution in [3.8, 4) is 0 Å². The van der Waals surface area contributed by atoms with Gasteiger partial charge in [-0.3, -0.25) is 4.98 Å². The lowest BCUT2D eigenvalue weighted by Gasteiger charge is -2.07. The van der Waals surface area contributed by atoms with E-state index in [0.29, 0.717) is 11.2 Å². The molecule has 3 aromatic rings. The summed E-state index contributed by atoms with van der Waals surface area (Å²) < 4.78 is 16.0. The standard InChI is InChI=1S/C13H12FN5O/c14-11-2-1-9(6-15)10(5-11)8-19-13(20)18-4-3-16-7-12(18)17-19/h1-5,7H,6,8,15H2. The van der Waals surface area contributed by atoms with Gasteiger partial charge in [0.05, 0.1) is 12.7 Å². The third-order valence-electron chi connectivity index (χ3n) is 3.10. The molecule has 0 saturated heterocycles. The Balaban J connectivity index is 2.07. The van der Waals surface area contributed by atoms with E-state index in [4.69, 9.17) is 5.73 Å². The molecule has 0 fully saturated rings. The zero-order valence-electron chi connectivity index (χ0n) is 10.5. The average Bonchev–Trinajstić information content (AvgIpc) is 2.76. The van der Waals surface area contributed by atoms with E-state index in [1.807, 2.05) is 0 Å². The van der Waals surface area contributed by atoms with Crippen molar-refractivity contribution in [1.82, 2.24) is 19.2 Å². The molecule has 2 N–H and O–H groups in total. The zero-order valence-corrected chi connectivity index (χ0v) is 10.5. The molecule has 1 aromatic carbocycles. The molecular weight excluding hydrogens is 261 g/mol. The van der Waals surface area contributed by atoms with Gasteiger partial charge in [0.25, 0.3) is 0 Å². The molecule has 7 heteroatoms. The van der Waals surface area contributed by atoms with Gasteiger partial charge in [0.2, 0.25) is 0 Å². The molecule has 0 aliphatic carbocycles. The van der Waals surface area contributed by atoms with E-state index in [0.717, 1.165) is 5.56 Å². The lowest BCUT2D eigenvalue weighted by atomic mass is 10.1. The number of hydrogen-bond donors (Lipinski definition) is 1. The van der Waals surface area contributed by atoms with Crippen LogP contribution in [0.15, 0.2) is 41.6 Å². The molecule has 0 atom stereocenters. The SMILES string of the molecule is NCc1ccc(F)cc1Cn1nc2cnccn2c1=O. The van der Waals surface area contributed by atoms with Crippen molar-refractivity contribution < 1.29 is 4.39 Å². The van der Waals surface area contributed by atoms with Gasteiger partial charge in [-0.05, 0) is 23.3 Å². The molecule has 0 aliphatic heterocycles. The second-order valence-electron chi connectivity index (χ2n) is 4.36. The van der Waals surface area contributed by atoms with Crippen LogP contribution >= 0.6 is 0 Å². The maximum Gasteiger partial charge on any atom is 0.350 e. The Morgan fingerprint density at radius 2 is 2.15 bits per heavy atom. The quantitative estimate of drug-likeness (QED) is 0.755. The van der Waals surface area contributed by atoms with Crippen LogP contribution < -0.4 is 11.4 Å². The normalized spacial score (nSPS) is 11.1. The van der Waals surface area contributed by atoms with Crippen LogP contribution in [-0.4, -0.2) is 19.2 Å². The van der Waals surface area contributed by atoms with E-state index in [1.54, 1.807) is 6.07 Å². The molecule has 0 saturated carbocycles. The number of aromatic nitrogens is 4. The van der Waals surface area contributed by atoms with Crippen LogP contribution in [0.25, 0.3) is 5.65 Å². The first kappa shape index (κ1) is 12.5. The van der Waals surface area contributed by atoms with E-state index in [1.165, 1.54) is 39.8 Å². The number of rotatable bonds is 3. The molecule has 2 heterocycles. The van der Waals surface area contributed by atoms with E-state index in [2.05, 4.69) is 10.1 Å². The van der Waals surface area contributed by atoms with Crippen molar-refractivity contribution in [2.75, 3.05) is 0 Å². The van der Waals surface area contributed by atoms with Gasteiger partial charge in [-0.15, -0.1) is 5.10 Å².